The van der Waals surface area contributed by atoms with Gasteiger partial charge < -0.3 is 15.1 Å². The third kappa shape index (κ3) is 3.75. The van der Waals surface area contributed by atoms with E-state index in [1.54, 1.807) is 29.8 Å². The third-order valence-electron chi connectivity index (χ3n) is 3.44. The van der Waals surface area contributed by atoms with Gasteiger partial charge in [-0.25, -0.2) is 14.8 Å². The van der Waals surface area contributed by atoms with Crippen LogP contribution in [0.1, 0.15) is 4.88 Å². The van der Waals surface area contributed by atoms with Gasteiger partial charge in [0.25, 0.3) is 0 Å². The van der Waals surface area contributed by atoms with Gasteiger partial charge in [0.2, 0.25) is 5.95 Å². The minimum absolute atomic E-state index is 0.0156. The van der Waals surface area contributed by atoms with Gasteiger partial charge in [0.05, 0.1) is 6.54 Å². The van der Waals surface area contributed by atoms with Crippen molar-refractivity contribution in [1.29, 1.82) is 0 Å². The average Bonchev–Trinajstić information content (AvgIpc) is 2.99. The predicted octanol–water partition coefficient (Wildman–Crippen LogP) is 2.33. The van der Waals surface area contributed by atoms with Gasteiger partial charge in [0, 0.05) is 53.3 Å². The minimum Gasteiger partial charge on any atom is -0.337 e. The number of thiophene rings is 1. The fourth-order valence-corrected chi connectivity index (χ4v) is 3.68. The SMILES string of the molecule is O=C(NCc1cc(Br)cs1)N1CCN(c2ncccn2)CC1. The van der Waals surface area contributed by atoms with Gasteiger partial charge >= 0.3 is 6.03 Å². The molecule has 0 radical (unpaired) electrons. The average molecular weight is 382 g/mol. The summed E-state index contributed by atoms with van der Waals surface area (Å²) in [7, 11) is 0. The molecule has 2 aromatic heterocycles. The summed E-state index contributed by atoms with van der Waals surface area (Å²) in [6.45, 7) is 3.43. The molecule has 1 aliphatic rings. The first-order valence-corrected chi connectivity index (χ1v) is 8.67. The zero-order valence-electron chi connectivity index (χ0n) is 11.9. The van der Waals surface area contributed by atoms with E-state index in [0.29, 0.717) is 19.6 Å². The molecule has 3 heterocycles. The number of nitrogens with zero attached hydrogens (tertiary/aromatic N) is 4. The largest absolute Gasteiger partial charge is 0.337 e. The molecule has 0 bridgehead atoms. The summed E-state index contributed by atoms with van der Waals surface area (Å²) in [6.07, 6.45) is 3.47. The van der Waals surface area contributed by atoms with E-state index in [-0.39, 0.29) is 6.03 Å². The predicted molar refractivity (Wildman–Crippen MR) is 90.1 cm³/mol. The number of hydrogen-bond acceptors (Lipinski definition) is 5. The lowest BCUT2D eigenvalue weighted by atomic mass is 10.3. The van der Waals surface area contributed by atoms with Gasteiger partial charge in [-0.1, -0.05) is 0 Å². The fourth-order valence-electron chi connectivity index (χ4n) is 2.29. The van der Waals surface area contributed by atoms with E-state index in [9.17, 15) is 4.79 Å². The second kappa shape index (κ2) is 7.06. The maximum atomic E-state index is 12.2. The van der Waals surface area contributed by atoms with Crippen molar-refractivity contribution in [1.82, 2.24) is 20.2 Å². The molecule has 1 aliphatic heterocycles. The topological polar surface area (TPSA) is 61.4 Å². The summed E-state index contributed by atoms with van der Waals surface area (Å²) < 4.78 is 1.05. The Morgan fingerprint density at radius 1 is 1.27 bits per heavy atom. The summed E-state index contributed by atoms with van der Waals surface area (Å²) in [4.78, 5) is 25.7. The van der Waals surface area contributed by atoms with Crippen LogP contribution in [0.3, 0.4) is 0 Å². The highest BCUT2D eigenvalue weighted by molar-refractivity contribution is 9.10. The summed E-state index contributed by atoms with van der Waals surface area (Å²) in [6, 6.07) is 3.81. The Kier molecular flexibility index (Phi) is 4.89. The first kappa shape index (κ1) is 15.2. The molecule has 6 nitrogen and oxygen atoms in total. The lowest BCUT2D eigenvalue weighted by molar-refractivity contribution is 0.194. The molecule has 0 aliphatic carbocycles. The lowest BCUT2D eigenvalue weighted by Gasteiger charge is -2.34. The highest BCUT2D eigenvalue weighted by atomic mass is 79.9. The van der Waals surface area contributed by atoms with E-state index in [1.165, 1.54) is 0 Å². The number of hydrogen-bond donors (Lipinski definition) is 1. The quantitative estimate of drug-likeness (QED) is 0.885. The van der Waals surface area contributed by atoms with E-state index >= 15 is 0 Å². The highest BCUT2D eigenvalue weighted by Gasteiger charge is 2.22. The summed E-state index contributed by atoms with van der Waals surface area (Å²) in [5.74, 6) is 0.728. The van der Waals surface area contributed by atoms with Crippen molar-refractivity contribution in [2.24, 2.45) is 0 Å². The van der Waals surface area contributed by atoms with Crippen LogP contribution in [0.2, 0.25) is 0 Å². The number of urea groups is 1. The van der Waals surface area contributed by atoms with Gasteiger partial charge in [-0.05, 0) is 28.1 Å². The number of anilines is 1. The van der Waals surface area contributed by atoms with Crippen LogP contribution in [0.5, 0.6) is 0 Å². The molecule has 8 heteroatoms. The maximum Gasteiger partial charge on any atom is 0.317 e. The van der Waals surface area contributed by atoms with Crippen molar-refractivity contribution in [2.45, 2.75) is 6.54 Å². The Labute approximate surface area is 141 Å². The van der Waals surface area contributed by atoms with Gasteiger partial charge in [-0.3, -0.25) is 0 Å². The van der Waals surface area contributed by atoms with Crippen LogP contribution in [-0.4, -0.2) is 47.1 Å². The standard InChI is InChI=1S/C14H16BrN5OS/c15-11-8-12(22-10-11)9-18-14(21)20-6-4-19(5-7-20)13-16-2-1-3-17-13/h1-3,8,10H,4-7,9H2,(H,18,21). The van der Waals surface area contributed by atoms with Gasteiger partial charge in [0.1, 0.15) is 0 Å². The van der Waals surface area contributed by atoms with Crippen molar-refractivity contribution >= 4 is 39.2 Å². The molecule has 3 rings (SSSR count). The molecular weight excluding hydrogens is 366 g/mol. The molecule has 1 fully saturated rings. The molecule has 116 valence electrons. The molecule has 22 heavy (non-hydrogen) atoms. The van der Waals surface area contributed by atoms with Crippen LogP contribution in [0.25, 0.3) is 0 Å². The third-order valence-corrected chi connectivity index (χ3v) is 5.14. The van der Waals surface area contributed by atoms with Crippen molar-refractivity contribution in [3.63, 3.8) is 0 Å². The Morgan fingerprint density at radius 3 is 2.64 bits per heavy atom. The smallest absolute Gasteiger partial charge is 0.317 e. The Bertz CT molecular complexity index is 627. The zero-order valence-corrected chi connectivity index (χ0v) is 14.3. The van der Waals surface area contributed by atoms with Crippen LogP contribution in [0.15, 0.2) is 34.4 Å². The number of carbonyl (C=O) groups excluding carboxylic acids is 1. The summed E-state index contributed by atoms with van der Waals surface area (Å²) in [5.41, 5.74) is 0. The number of amides is 2. The molecule has 0 atom stereocenters. The Balaban J connectivity index is 1.47. The van der Waals surface area contributed by atoms with Gasteiger partial charge in [-0.15, -0.1) is 11.3 Å². The monoisotopic (exact) mass is 381 g/mol. The van der Waals surface area contributed by atoms with E-state index in [4.69, 9.17) is 0 Å². The lowest BCUT2D eigenvalue weighted by Crippen LogP contribution is -2.52. The van der Waals surface area contributed by atoms with Crippen molar-refractivity contribution in [2.75, 3.05) is 31.1 Å². The van der Waals surface area contributed by atoms with Crippen molar-refractivity contribution in [3.8, 4) is 0 Å². The first-order chi connectivity index (χ1) is 10.7. The number of nitrogens with one attached hydrogen (secondary N) is 1. The zero-order chi connectivity index (χ0) is 15.4. The molecule has 0 aromatic carbocycles. The number of aromatic nitrogens is 2. The number of carbonyl (C=O) groups is 1. The van der Waals surface area contributed by atoms with Crippen LogP contribution >= 0.6 is 27.3 Å². The van der Waals surface area contributed by atoms with Crippen LogP contribution in [0, 0.1) is 0 Å². The molecule has 1 N–H and O–H groups in total. The Morgan fingerprint density at radius 2 is 2.00 bits per heavy atom. The highest BCUT2D eigenvalue weighted by Crippen LogP contribution is 2.19. The summed E-state index contributed by atoms with van der Waals surface area (Å²) in [5, 5.41) is 4.98. The Hall–Kier alpha value is -1.67. The molecule has 0 spiro atoms. The second-order valence-corrected chi connectivity index (χ2v) is 6.82. The number of piperazine rings is 1. The van der Waals surface area contributed by atoms with E-state index in [0.717, 1.165) is 28.4 Å². The molecule has 0 saturated carbocycles. The van der Waals surface area contributed by atoms with E-state index < -0.39 is 0 Å². The van der Waals surface area contributed by atoms with E-state index in [2.05, 4.69) is 36.1 Å². The van der Waals surface area contributed by atoms with Crippen LogP contribution in [0.4, 0.5) is 10.7 Å². The van der Waals surface area contributed by atoms with Gasteiger partial charge in [-0.2, -0.15) is 0 Å². The molecule has 2 aromatic rings. The van der Waals surface area contributed by atoms with Crippen molar-refractivity contribution < 1.29 is 4.79 Å². The molecule has 2 amide bonds. The molecule has 0 unspecified atom stereocenters. The van der Waals surface area contributed by atoms with Crippen molar-refractivity contribution in [3.05, 3.63) is 39.3 Å². The van der Waals surface area contributed by atoms with Crippen LogP contribution < -0.4 is 10.2 Å². The summed E-state index contributed by atoms with van der Waals surface area (Å²) >= 11 is 5.05. The molecule has 1 saturated heterocycles. The first-order valence-electron chi connectivity index (χ1n) is 7.00. The number of rotatable bonds is 3. The number of halogens is 1. The fraction of sp³-hybridized carbons (Fsp3) is 0.357. The van der Waals surface area contributed by atoms with Crippen LogP contribution in [-0.2, 0) is 6.54 Å². The van der Waals surface area contributed by atoms with Gasteiger partial charge in [0.15, 0.2) is 0 Å². The normalized spacial score (nSPS) is 15.0. The second-order valence-electron chi connectivity index (χ2n) is 4.91. The maximum absolute atomic E-state index is 12.2. The van der Waals surface area contributed by atoms with E-state index in [1.807, 2.05) is 16.3 Å². The molecular formula is C14H16BrN5OS. The minimum atomic E-state index is -0.0156.